The van der Waals surface area contributed by atoms with Crippen molar-refractivity contribution in [3.05, 3.63) is 60.0 Å². The van der Waals surface area contributed by atoms with Crippen LogP contribution in [0.4, 0.5) is 11.4 Å². The van der Waals surface area contributed by atoms with Crippen molar-refractivity contribution in [2.75, 3.05) is 10.6 Å². The number of aromatic nitrogens is 2. The molecule has 2 N–H and O–H groups in total. The lowest BCUT2D eigenvalue weighted by atomic mass is 9.88. The minimum Gasteiger partial charge on any atom is -0.339 e. The molecule has 0 aliphatic heterocycles. The summed E-state index contributed by atoms with van der Waals surface area (Å²) in [6.45, 7) is 1.71. The molecule has 2 aromatic carbocycles. The van der Waals surface area contributed by atoms with Gasteiger partial charge in [0.2, 0.25) is 17.6 Å². The van der Waals surface area contributed by atoms with E-state index in [0.29, 0.717) is 34.2 Å². The van der Waals surface area contributed by atoms with E-state index in [0.717, 1.165) is 25.7 Å². The van der Waals surface area contributed by atoms with Gasteiger partial charge in [-0.25, -0.2) is 0 Å². The third kappa shape index (κ3) is 4.56. The van der Waals surface area contributed by atoms with E-state index in [4.69, 9.17) is 4.52 Å². The van der Waals surface area contributed by atoms with Gasteiger partial charge in [0.05, 0.1) is 5.69 Å². The fraction of sp³-hybridized carbons (Fsp3) is 0.304. The molecule has 1 aliphatic carbocycles. The van der Waals surface area contributed by atoms with Crippen molar-refractivity contribution in [3.63, 3.8) is 0 Å². The number of hydrogen-bond acceptors (Lipinski definition) is 5. The van der Waals surface area contributed by atoms with Gasteiger partial charge in [-0.05, 0) is 43.2 Å². The topological polar surface area (TPSA) is 97.1 Å². The maximum Gasteiger partial charge on any atom is 0.255 e. The van der Waals surface area contributed by atoms with E-state index < -0.39 is 0 Å². The molecule has 30 heavy (non-hydrogen) atoms. The van der Waals surface area contributed by atoms with Gasteiger partial charge in [-0.1, -0.05) is 42.6 Å². The average Bonchev–Trinajstić information content (AvgIpc) is 3.21. The van der Waals surface area contributed by atoms with Crippen LogP contribution in [0.2, 0.25) is 0 Å². The summed E-state index contributed by atoms with van der Waals surface area (Å²) in [7, 11) is 0. The molecule has 7 nitrogen and oxygen atoms in total. The Morgan fingerprint density at radius 2 is 1.80 bits per heavy atom. The summed E-state index contributed by atoms with van der Waals surface area (Å²) >= 11 is 0. The Kier molecular flexibility index (Phi) is 5.88. The highest BCUT2D eigenvalue weighted by atomic mass is 16.5. The summed E-state index contributed by atoms with van der Waals surface area (Å²) < 4.78 is 5.05. The molecular formula is C23H24N4O3. The zero-order valence-electron chi connectivity index (χ0n) is 16.9. The van der Waals surface area contributed by atoms with E-state index in [-0.39, 0.29) is 17.7 Å². The third-order valence-electron chi connectivity index (χ3n) is 5.31. The van der Waals surface area contributed by atoms with Gasteiger partial charge in [-0.3, -0.25) is 9.59 Å². The standard InChI is InChI=1S/C23H24N4O3/c1-15-24-21(27-30-15)19-12-5-6-13-20(19)26-23(29)17-10-7-11-18(14-17)25-22(28)16-8-3-2-4-9-16/h5-7,10-14,16H,2-4,8-9H2,1H3,(H,25,28)(H,26,29). The summed E-state index contributed by atoms with van der Waals surface area (Å²) in [4.78, 5) is 29.6. The number of benzene rings is 2. The third-order valence-corrected chi connectivity index (χ3v) is 5.31. The predicted molar refractivity (Wildman–Crippen MR) is 114 cm³/mol. The summed E-state index contributed by atoms with van der Waals surface area (Å²) in [5, 5.41) is 9.80. The molecule has 1 aromatic heterocycles. The van der Waals surface area contributed by atoms with Gasteiger partial charge in [0.15, 0.2) is 0 Å². The van der Waals surface area contributed by atoms with E-state index in [1.807, 2.05) is 18.2 Å². The minimum atomic E-state index is -0.281. The maximum absolute atomic E-state index is 12.9. The molecule has 4 rings (SSSR count). The highest BCUT2D eigenvalue weighted by Crippen LogP contribution is 2.27. The van der Waals surface area contributed by atoms with Gasteiger partial charge in [-0.15, -0.1) is 0 Å². The van der Waals surface area contributed by atoms with Crippen molar-refractivity contribution in [1.82, 2.24) is 10.1 Å². The van der Waals surface area contributed by atoms with Gasteiger partial charge in [0.25, 0.3) is 5.91 Å². The monoisotopic (exact) mass is 404 g/mol. The summed E-state index contributed by atoms with van der Waals surface area (Å²) in [5.74, 6) is 0.674. The van der Waals surface area contributed by atoms with E-state index in [1.165, 1.54) is 6.42 Å². The number of carbonyl (C=O) groups is 2. The quantitative estimate of drug-likeness (QED) is 0.636. The van der Waals surface area contributed by atoms with Crippen LogP contribution in [0.1, 0.15) is 48.4 Å². The van der Waals surface area contributed by atoms with Gasteiger partial charge >= 0.3 is 0 Å². The highest BCUT2D eigenvalue weighted by Gasteiger charge is 2.21. The molecule has 1 heterocycles. The SMILES string of the molecule is Cc1nc(-c2ccccc2NC(=O)c2cccc(NC(=O)C3CCCCC3)c2)no1. The lowest BCUT2D eigenvalue weighted by molar-refractivity contribution is -0.120. The molecule has 7 heteroatoms. The lowest BCUT2D eigenvalue weighted by Gasteiger charge is -2.20. The fourth-order valence-corrected chi connectivity index (χ4v) is 3.74. The molecule has 0 saturated heterocycles. The molecule has 0 spiro atoms. The van der Waals surface area contributed by atoms with Crippen LogP contribution in [0, 0.1) is 12.8 Å². The van der Waals surface area contributed by atoms with Gasteiger partial charge in [0.1, 0.15) is 0 Å². The molecule has 3 aromatic rings. The number of aryl methyl sites for hydroxylation is 1. The van der Waals surface area contributed by atoms with Crippen LogP contribution in [0.15, 0.2) is 53.1 Å². The fourth-order valence-electron chi connectivity index (χ4n) is 3.74. The minimum absolute atomic E-state index is 0.0325. The lowest BCUT2D eigenvalue weighted by Crippen LogP contribution is -2.24. The van der Waals surface area contributed by atoms with Crippen LogP contribution in [-0.4, -0.2) is 22.0 Å². The Hall–Kier alpha value is -3.48. The summed E-state index contributed by atoms with van der Waals surface area (Å²) in [5.41, 5.74) is 2.33. The zero-order valence-corrected chi connectivity index (χ0v) is 16.9. The largest absolute Gasteiger partial charge is 0.339 e. The molecule has 0 bridgehead atoms. The van der Waals surface area contributed by atoms with E-state index in [2.05, 4.69) is 20.8 Å². The number of para-hydroxylation sites is 1. The molecule has 0 unspecified atom stereocenters. The Balaban J connectivity index is 1.48. The normalized spacial score (nSPS) is 14.3. The van der Waals surface area contributed by atoms with Crippen LogP contribution < -0.4 is 10.6 Å². The van der Waals surface area contributed by atoms with Crippen molar-refractivity contribution in [2.24, 2.45) is 5.92 Å². The molecule has 1 aliphatic rings. The Morgan fingerprint density at radius 1 is 1.00 bits per heavy atom. The van der Waals surface area contributed by atoms with Crippen molar-refractivity contribution in [3.8, 4) is 11.4 Å². The molecule has 2 amide bonds. The Labute approximate surface area is 174 Å². The number of nitrogens with one attached hydrogen (secondary N) is 2. The van der Waals surface area contributed by atoms with Gasteiger partial charge in [-0.2, -0.15) is 4.98 Å². The Bertz CT molecular complexity index is 1050. The second kappa shape index (κ2) is 8.90. The smallest absolute Gasteiger partial charge is 0.255 e. The van der Waals surface area contributed by atoms with Crippen molar-refractivity contribution in [1.29, 1.82) is 0 Å². The van der Waals surface area contributed by atoms with Crippen LogP contribution in [0.25, 0.3) is 11.4 Å². The molecule has 1 saturated carbocycles. The van der Waals surface area contributed by atoms with Gasteiger partial charge in [0, 0.05) is 29.7 Å². The molecule has 1 fully saturated rings. The van der Waals surface area contributed by atoms with E-state index >= 15 is 0 Å². The Morgan fingerprint density at radius 3 is 2.57 bits per heavy atom. The number of anilines is 2. The average molecular weight is 404 g/mol. The second-order valence-corrected chi connectivity index (χ2v) is 7.54. The van der Waals surface area contributed by atoms with Crippen LogP contribution in [0.5, 0.6) is 0 Å². The second-order valence-electron chi connectivity index (χ2n) is 7.54. The molecule has 154 valence electrons. The summed E-state index contributed by atoms with van der Waals surface area (Å²) in [6, 6.07) is 14.2. The highest BCUT2D eigenvalue weighted by molar-refractivity contribution is 6.07. The molecule has 0 atom stereocenters. The number of carbonyl (C=O) groups excluding carboxylic acids is 2. The first-order chi connectivity index (χ1) is 14.6. The van der Waals surface area contributed by atoms with E-state index in [1.54, 1.807) is 37.3 Å². The van der Waals surface area contributed by atoms with E-state index in [9.17, 15) is 9.59 Å². The maximum atomic E-state index is 12.9. The molecule has 0 radical (unpaired) electrons. The van der Waals surface area contributed by atoms with Gasteiger partial charge < -0.3 is 15.2 Å². The van der Waals surface area contributed by atoms with Crippen molar-refractivity contribution >= 4 is 23.2 Å². The van der Waals surface area contributed by atoms with Crippen LogP contribution in [0.3, 0.4) is 0 Å². The predicted octanol–water partition coefficient (Wildman–Crippen LogP) is 4.82. The number of nitrogens with zero attached hydrogens (tertiary/aromatic N) is 2. The number of hydrogen-bond donors (Lipinski definition) is 2. The number of rotatable bonds is 5. The zero-order chi connectivity index (χ0) is 20.9. The van der Waals surface area contributed by atoms with Crippen molar-refractivity contribution < 1.29 is 14.1 Å². The van der Waals surface area contributed by atoms with Crippen LogP contribution in [-0.2, 0) is 4.79 Å². The summed E-state index contributed by atoms with van der Waals surface area (Å²) in [6.07, 6.45) is 5.25. The first-order valence-electron chi connectivity index (χ1n) is 10.2. The van der Waals surface area contributed by atoms with Crippen LogP contribution >= 0.6 is 0 Å². The first-order valence-corrected chi connectivity index (χ1v) is 10.2. The first kappa shape index (κ1) is 19.8. The molecular weight excluding hydrogens is 380 g/mol. The van der Waals surface area contributed by atoms with Crippen molar-refractivity contribution in [2.45, 2.75) is 39.0 Å². The number of amides is 2.